The number of hydrogen-bond donors (Lipinski definition) is 2. The van der Waals surface area contributed by atoms with Gasteiger partial charge in [0.05, 0.1) is 5.56 Å². The van der Waals surface area contributed by atoms with Crippen LogP contribution in [0.2, 0.25) is 0 Å². The number of carbonyl (C=O) groups is 1. The smallest absolute Gasteiger partial charge is 0.258 e. The van der Waals surface area contributed by atoms with Crippen molar-refractivity contribution in [3.63, 3.8) is 0 Å². The van der Waals surface area contributed by atoms with Gasteiger partial charge in [0, 0.05) is 30.7 Å². The minimum Gasteiger partial charge on any atom is -0.486 e. The van der Waals surface area contributed by atoms with Gasteiger partial charge in [0.1, 0.15) is 13.2 Å². The first kappa shape index (κ1) is 17.9. The van der Waals surface area contributed by atoms with Crippen LogP contribution in [0, 0.1) is 0 Å². The predicted octanol–water partition coefficient (Wildman–Crippen LogP) is 1.86. The highest BCUT2D eigenvalue weighted by atomic mass is 16.6. The number of nitrogens with one attached hydrogen (secondary N) is 2. The third-order valence-corrected chi connectivity index (χ3v) is 3.78. The first-order valence-electron chi connectivity index (χ1n) is 8.53. The molecule has 2 aromatic rings. The van der Waals surface area contributed by atoms with Crippen molar-refractivity contribution in [3.8, 4) is 11.5 Å². The molecule has 0 fully saturated rings. The maximum Gasteiger partial charge on any atom is 0.258 e. The number of ether oxygens (including phenoxy) is 2. The Morgan fingerprint density at radius 3 is 2.62 bits per heavy atom. The van der Waals surface area contributed by atoms with Gasteiger partial charge in [-0.15, -0.1) is 0 Å². The quantitative estimate of drug-likeness (QED) is 0.731. The van der Waals surface area contributed by atoms with Crippen LogP contribution in [-0.4, -0.2) is 61.2 Å². The number of rotatable bonds is 7. The fourth-order valence-electron chi connectivity index (χ4n) is 2.46. The summed E-state index contributed by atoms with van der Waals surface area (Å²) in [5.74, 6) is 1.55. The lowest BCUT2D eigenvalue weighted by molar-refractivity contribution is 0.102. The monoisotopic (exact) mass is 357 g/mol. The van der Waals surface area contributed by atoms with Crippen LogP contribution < -0.4 is 20.1 Å². The zero-order chi connectivity index (χ0) is 18.4. The van der Waals surface area contributed by atoms with Crippen LogP contribution in [0.5, 0.6) is 11.5 Å². The maximum atomic E-state index is 12.3. The standard InChI is InChI=1S/C18H23N5O3/c1-23(2)7-3-6-19-18-20-11-13(12-21-18)17(24)22-14-4-5-15-16(10-14)26-9-8-25-15/h4-5,10-12H,3,6-9H2,1-2H3,(H,22,24)(H,19,20,21). The normalized spacial score (nSPS) is 12.7. The molecule has 0 atom stereocenters. The second-order valence-corrected chi connectivity index (χ2v) is 6.19. The van der Waals surface area contributed by atoms with Crippen LogP contribution in [0.3, 0.4) is 0 Å². The van der Waals surface area contributed by atoms with E-state index < -0.39 is 0 Å². The van der Waals surface area contributed by atoms with Crippen molar-refractivity contribution in [1.82, 2.24) is 14.9 Å². The second-order valence-electron chi connectivity index (χ2n) is 6.19. The SMILES string of the molecule is CN(C)CCCNc1ncc(C(=O)Nc2ccc3c(c2)OCCO3)cn1. The number of fused-ring (bicyclic) bond motifs is 1. The van der Waals surface area contributed by atoms with Crippen molar-refractivity contribution < 1.29 is 14.3 Å². The van der Waals surface area contributed by atoms with Gasteiger partial charge in [-0.05, 0) is 39.2 Å². The maximum absolute atomic E-state index is 12.3. The van der Waals surface area contributed by atoms with E-state index in [1.165, 1.54) is 12.4 Å². The first-order chi connectivity index (χ1) is 12.6. The molecule has 1 aromatic carbocycles. The highest BCUT2D eigenvalue weighted by molar-refractivity contribution is 6.04. The summed E-state index contributed by atoms with van der Waals surface area (Å²) in [6, 6.07) is 5.29. The molecule has 1 aliphatic rings. The predicted molar refractivity (Wildman–Crippen MR) is 99.1 cm³/mol. The Labute approximate surface area is 152 Å². The van der Waals surface area contributed by atoms with Crippen LogP contribution in [0.4, 0.5) is 11.6 Å². The number of nitrogens with zero attached hydrogens (tertiary/aromatic N) is 3. The Morgan fingerprint density at radius 2 is 1.88 bits per heavy atom. The molecule has 26 heavy (non-hydrogen) atoms. The second kappa shape index (κ2) is 8.48. The van der Waals surface area contributed by atoms with Crippen LogP contribution in [0.15, 0.2) is 30.6 Å². The molecule has 1 aromatic heterocycles. The summed E-state index contributed by atoms with van der Waals surface area (Å²) < 4.78 is 11.0. The van der Waals surface area contributed by atoms with Crippen molar-refractivity contribution in [2.24, 2.45) is 0 Å². The van der Waals surface area contributed by atoms with Crippen LogP contribution in [-0.2, 0) is 0 Å². The van der Waals surface area contributed by atoms with Gasteiger partial charge in [0.15, 0.2) is 11.5 Å². The number of carbonyl (C=O) groups excluding carboxylic acids is 1. The Balaban J connectivity index is 1.54. The van der Waals surface area contributed by atoms with Gasteiger partial charge in [-0.25, -0.2) is 9.97 Å². The van der Waals surface area contributed by atoms with E-state index in [1.54, 1.807) is 18.2 Å². The molecule has 0 spiro atoms. The van der Waals surface area contributed by atoms with Crippen LogP contribution in [0.25, 0.3) is 0 Å². The summed E-state index contributed by atoms with van der Waals surface area (Å²) in [5, 5.41) is 5.95. The fraction of sp³-hybridized carbons (Fsp3) is 0.389. The lowest BCUT2D eigenvalue weighted by Crippen LogP contribution is -2.18. The third-order valence-electron chi connectivity index (χ3n) is 3.78. The molecule has 8 nitrogen and oxygen atoms in total. The van der Waals surface area contributed by atoms with E-state index >= 15 is 0 Å². The van der Waals surface area contributed by atoms with E-state index in [1.807, 2.05) is 14.1 Å². The zero-order valence-electron chi connectivity index (χ0n) is 15.0. The first-order valence-corrected chi connectivity index (χ1v) is 8.53. The van der Waals surface area contributed by atoms with Crippen molar-refractivity contribution >= 4 is 17.5 Å². The van der Waals surface area contributed by atoms with Gasteiger partial charge in [-0.2, -0.15) is 0 Å². The molecule has 1 aliphatic heterocycles. The molecule has 0 aliphatic carbocycles. The van der Waals surface area contributed by atoms with E-state index in [4.69, 9.17) is 9.47 Å². The van der Waals surface area contributed by atoms with E-state index in [0.717, 1.165) is 19.5 Å². The van der Waals surface area contributed by atoms with Crippen LogP contribution >= 0.6 is 0 Å². The summed E-state index contributed by atoms with van der Waals surface area (Å²) in [6.07, 6.45) is 4.01. The minimum absolute atomic E-state index is 0.277. The number of aromatic nitrogens is 2. The highest BCUT2D eigenvalue weighted by Gasteiger charge is 2.14. The van der Waals surface area contributed by atoms with E-state index in [2.05, 4.69) is 25.5 Å². The Morgan fingerprint density at radius 1 is 1.15 bits per heavy atom. The van der Waals surface area contributed by atoms with Crippen LogP contribution in [0.1, 0.15) is 16.8 Å². The molecule has 0 saturated heterocycles. The molecule has 138 valence electrons. The van der Waals surface area contributed by atoms with Crippen molar-refractivity contribution in [1.29, 1.82) is 0 Å². The largest absolute Gasteiger partial charge is 0.486 e. The molecule has 0 bridgehead atoms. The lowest BCUT2D eigenvalue weighted by Gasteiger charge is -2.19. The summed E-state index contributed by atoms with van der Waals surface area (Å²) >= 11 is 0. The number of hydrogen-bond acceptors (Lipinski definition) is 7. The average molecular weight is 357 g/mol. The van der Waals surface area contributed by atoms with Crippen molar-refractivity contribution in [2.45, 2.75) is 6.42 Å². The van der Waals surface area contributed by atoms with Gasteiger partial charge >= 0.3 is 0 Å². The molecule has 3 rings (SSSR count). The summed E-state index contributed by atoms with van der Waals surface area (Å²) in [6.45, 7) is 2.80. The van der Waals surface area contributed by atoms with Gasteiger partial charge in [-0.1, -0.05) is 0 Å². The molecule has 0 saturated carbocycles. The molecule has 2 heterocycles. The number of amides is 1. The fourth-order valence-corrected chi connectivity index (χ4v) is 2.46. The molecule has 2 N–H and O–H groups in total. The van der Waals surface area contributed by atoms with Gasteiger partial charge in [-0.3, -0.25) is 4.79 Å². The molecule has 0 unspecified atom stereocenters. The number of anilines is 2. The molecule has 0 radical (unpaired) electrons. The molecule has 8 heteroatoms. The van der Waals surface area contributed by atoms with E-state index in [-0.39, 0.29) is 5.91 Å². The summed E-state index contributed by atoms with van der Waals surface area (Å²) in [7, 11) is 4.07. The highest BCUT2D eigenvalue weighted by Crippen LogP contribution is 2.32. The number of benzene rings is 1. The van der Waals surface area contributed by atoms with Crippen molar-refractivity contribution in [2.75, 3.05) is 51.0 Å². The Hall–Kier alpha value is -2.87. The summed E-state index contributed by atoms with van der Waals surface area (Å²) in [5.41, 5.74) is 1.02. The minimum atomic E-state index is -0.277. The van der Waals surface area contributed by atoms with E-state index in [0.29, 0.717) is 41.9 Å². The van der Waals surface area contributed by atoms with E-state index in [9.17, 15) is 4.79 Å². The molecular weight excluding hydrogens is 334 g/mol. The topological polar surface area (TPSA) is 88.6 Å². The molecule has 1 amide bonds. The van der Waals surface area contributed by atoms with Gasteiger partial charge in [0.2, 0.25) is 5.95 Å². The van der Waals surface area contributed by atoms with Crippen molar-refractivity contribution in [3.05, 3.63) is 36.2 Å². The summed E-state index contributed by atoms with van der Waals surface area (Å²) in [4.78, 5) is 22.8. The van der Waals surface area contributed by atoms with Gasteiger partial charge in [0.25, 0.3) is 5.91 Å². The lowest BCUT2D eigenvalue weighted by atomic mass is 10.2. The van der Waals surface area contributed by atoms with Gasteiger partial charge < -0.3 is 25.0 Å². The zero-order valence-corrected chi connectivity index (χ0v) is 15.0. The third kappa shape index (κ3) is 4.82. The average Bonchev–Trinajstić information content (AvgIpc) is 2.65. The Kier molecular flexibility index (Phi) is 5.85. The molecular formula is C18H23N5O3. The Bertz CT molecular complexity index is 749.